The van der Waals surface area contributed by atoms with E-state index in [1.807, 2.05) is 0 Å². The van der Waals surface area contributed by atoms with Crippen LogP contribution in [-0.2, 0) is 8.85 Å². The molecule has 0 rings (SSSR count). The molecule has 0 saturated carbocycles. The molecule has 0 atom stereocenters. The fourth-order valence-corrected chi connectivity index (χ4v) is 2.67. The van der Waals surface area contributed by atoms with Crippen LogP contribution in [0.5, 0.6) is 0 Å². The van der Waals surface area contributed by atoms with E-state index in [9.17, 15) is 0 Å². The van der Waals surface area contributed by atoms with Gasteiger partial charge in [0.15, 0.2) is 0 Å². The molecule has 0 heterocycles. The van der Waals surface area contributed by atoms with Crippen LogP contribution in [0, 0.1) is 0 Å². The number of aliphatic hydroxyl groups is 1. The average molecular weight is 206 g/mol. The maximum atomic E-state index is 8.58. The van der Waals surface area contributed by atoms with Crippen molar-refractivity contribution in [3.63, 3.8) is 0 Å². The fraction of sp³-hybridized carbons (Fsp3) is 1.00. The minimum Gasteiger partial charge on any atom is -0.398 e. The Balaban J connectivity index is 3.39. The molecule has 0 amide bonds. The molecule has 1 N–H and O–H groups in total. The van der Waals surface area contributed by atoms with Gasteiger partial charge in [0.25, 0.3) is 0 Å². The van der Waals surface area contributed by atoms with Crippen molar-refractivity contribution < 1.29 is 14.0 Å². The second-order valence-corrected chi connectivity index (χ2v) is 7.01. The van der Waals surface area contributed by atoms with Crippen molar-refractivity contribution in [1.29, 1.82) is 0 Å². The molecule has 0 unspecified atom stereocenters. The van der Waals surface area contributed by atoms with Crippen molar-refractivity contribution in [2.45, 2.75) is 38.3 Å². The van der Waals surface area contributed by atoms with Crippen LogP contribution in [-0.4, -0.2) is 34.5 Å². The first-order valence-corrected chi connectivity index (χ1v) is 7.42. The summed E-state index contributed by atoms with van der Waals surface area (Å²) in [4.78, 5) is 0. The summed E-state index contributed by atoms with van der Waals surface area (Å²) in [7, 11) is 1.63. The molecule has 0 radical (unpaired) electrons. The third-order valence-corrected chi connectivity index (χ3v) is 5.39. The third kappa shape index (κ3) is 6.21. The van der Waals surface area contributed by atoms with Crippen molar-refractivity contribution >= 4 is 8.56 Å². The number of hydrogen-bond acceptors (Lipinski definition) is 3. The Morgan fingerprint density at radius 3 is 2.00 bits per heavy atom. The summed E-state index contributed by atoms with van der Waals surface area (Å²) >= 11 is 0. The van der Waals surface area contributed by atoms with E-state index in [1.54, 1.807) is 14.2 Å². The van der Waals surface area contributed by atoms with Gasteiger partial charge in [-0.15, -0.1) is 0 Å². The van der Waals surface area contributed by atoms with Gasteiger partial charge < -0.3 is 14.0 Å². The summed E-state index contributed by atoms with van der Waals surface area (Å²) in [6.07, 6.45) is 4.33. The van der Waals surface area contributed by atoms with E-state index in [1.165, 1.54) is 0 Å². The smallest absolute Gasteiger partial charge is 0.334 e. The monoisotopic (exact) mass is 206 g/mol. The molecule has 0 aromatic heterocycles. The summed E-state index contributed by atoms with van der Waals surface area (Å²) < 4.78 is 10.7. The highest BCUT2D eigenvalue weighted by molar-refractivity contribution is 6.65. The lowest BCUT2D eigenvalue weighted by Crippen LogP contribution is -2.35. The standard InChI is InChI=1S/C9H22O3Si/c1-11-13(3,12-2)9-7-5-4-6-8-10/h10H,4-9H2,1-3H3. The van der Waals surface area contributed by atoms with E-state index >= 15 is 0 Å². The van der Waals surface area contributed by atoms with Gasteiger partial charge in [-0.25, -0.2) is 0 Å². The average Bonchev–Trinajstić information content (AvgIpc) is 2.17. The lowest BCUT2D eigenvalue weighted by molar-refractivity contribution is 0.247. The SMILES string of the molecule is CO[Si](C)(CCCCCCO)OC. The third-order valence-electron chi connectivity index (χ3n) is 2.40. The first-order chi connectivity index (χ1) is 6.18. The molecule has 13 heavy (non-hydrogen) atoms. The van der Waals surface area contributed by atoms with Crippen molar-refractivity contribution in [1.82, 2.24) is 0 Å². The zero-order valence-electron chi connectivity index (χ0n) is 9.01. The van der Waals surface area contributed by atoms with Gasteiger partial charge in [-0.3, -0.25) is 0 Å². The van der Waals surface area contributed by atoms with Crippen LogP contribution in [0.25, 0.3) is 0 Å². The van der Waals surface area contributed by atoms with E-state index in [-0.39, 0.29) is 0 Å². The second kappa shape index (κ2) is 7.50. The zero-order chi connectivity index (χ0) is 10.2. The summed E-state index contributed by atoms with van der Waals surface area (Å²) in [6.45, 7) is 2.39. The maximum Gasteiger partial charge on any atom is 0.334 e. The van der Waals surface area contributed by atoms with Crippen molar-refractivity contribution in [3.05, 3.63) is 0 Å². The summed E-state index contributed by atoms with van der Waals surface area (Å²) in [5.41, 5.74) is 0. The van der Waals surface area contributed by atoms with Gasteiger partial charge in [0.05, 0.1) is 0 Å². The summed E-state index contributed by atoms with van der Waals surface area (Å²) in [5.74, 6) is 0. The van der Waals surface area contributed by atoms with Gasteiger partial charge in [0.1, 0.15) is 0 Å². The molecule has 0 aliphatic rings. The van der Waals surface area contributed by atoms with Crippen LogP contribution in [0.3, 0.4) is 0 Å². The highest BCUT2D eigenvalue weighted by Crippen LogP contribution is 2.16. The van der Waals surface area contributed by atoms with E-state index in [0.717, 1.165) is 31.7 Å². The Labute approximate surface area is 82.3 Å². The molecular formula is C9H22O3Si. The van der Waals surface area contributed by atoms with Crippen molar-refractivity contribution in [3.8, 4) is 0 Å². The molecule has 4 heteroatoms. The van der Waals surface area contributed by atoms with Crippen LogP contribution in [0.15, 0.2) is 0 Å². The Morgan fingerprint density at radius 2 is 1.54 bits per heavy atom. The molecule has 80 valence electrons. The minimum absolute atomic E-state index is 0.309. The van der Waals surface area contributed by atoms with Gasteiger partial charge in [-0.1, -0.05) is 19.3 Å². The fourth-order valence-electron chi connectivity index (χ4n) is 1.20. The topological polar surface area (TPSA) is 38.7 Å². The van der Waals surface area contributed by atoms with Gasteiger partial charge in [-0.2, -0.15) is 0 Å². The number of unbranched alkanes of at least 4 members (excludes halogenated alkanes) is 3. The van der Waals surface area contributed by atoms with E-state index in [4.69, 9.17) is 14.0 Å². The van der Waals surface area contributed by atoms with Gasteiger partial charge in [0.2, 0.25) is 0 Å². The number of aliphatic hydroxyl groups excluding tert-OH is 1. The largest absolute Gasteiger partial charge is 0.398 e. The normalized spacial score (nSPS) is 12.0. The van der Waals surface area contributed by atoms with Crippen LogP contribution < -0.4 is 0 Å². The second-order valence-electron chi connectivity index (χ2n) is 3.43. The highest BCUT2D eigenvalue weighted by Gasteiger charge is 2.27. The Hall–Kier alpha value is 0.0969. The van der Waals surface area contributed by atoms with Crippen LogP contribution in [0.4, 0.5) is 0 Å². The quantitative estimate of drug-likeness (QED) is 0.487. The molecule has 0 bridgehead atoms. The van der Waals surface area contributed by atoms with Crippen molar-refractivity contribution in [2.75, 3.05) is 20.8 Å². The van der Waals surface area contributed by atoms with Gasteiger partial charge in [0, 0.05) is 20.8 Å². The molecule has 0 spiro atoms. The maximum absolute atomic E-state index is 8.58. The zero-order valence-corrected chi connectivity index (χ0v) is 10.0. The molecular weight excluding hydrogens is 184 g/mol. The van der Waals surface area contributed by atoms with E-state index in [0.29, 0.717) is 6.61 Å². The Bertz CT molecular complexity index is 115. The molecule has 0 fully saturated rings. The highest BCUT2D eigenvalue weighted by atomic mass is 28.4. The lowest BCUT2D eigenvalue weighted by Gasteiger charge is -2.22. The van der Waals surface area contributed by atoms with Crippen LogP contribution >= 0.6 is 0 Å². The summed E-state index contributed by atoms with van der Waals surface area (Å²) in [6, 6.07) is 1.05. The molecule has 0 saturated heterocycles. The molecule has 0 aliphatic carbocycles. The van der Waals surface area contributed by atoms with Gasteiger partial charge in [-0.05, 0) is 19.0 Å². The number of rotatable bonds is 8. The van der Waals surface area contributed by atoms with Crippen LogP contribution in [0.1, 0.15) is 25.7 Å². The Morgan fingerprint density at radius 1 is 1.00 bits per heavy atom. The van der Waals surface area contributed by atoms with E-state index < -0.39 is 8.56 Å². The molecule has 0 aromatic carbocycles. The Kier molecular flexibility index (Phi) is 7.55. The predicted molar refractivity (Wildman–Crippen MR) is 56.0 cm³/mol. The molecule has 3 nitrogen and oxygen atoms in total. The van der Waals surface area contributed by atoms with Crippen molar-refractivity contribution in [2.24, 2.45) is 0 Å². The number of hydrogen-bond donors (Lipinski definition) is 1. The predicted octanol–water partition coefficient (Wildman–Crippen LogP) is 1.90. The van der Waals surface area contributed by atoms with Crippen LogP contribution in [0.2, 0.25) is 12.6 Å². The minimum atomic E-state index is -1.82. The molecule has 0 aromatic rings. The first-order valence-electron chi connectivity index (χ1n) is 4.89. The molecule has 0 aliphatic heterocycles. The summed E-state index contributed by atoms with van der Waals surface area (Å²) in [5, 5.41) is 8.58. The van der Waals surface area contributed by atoms with Gasteiger partial charge >= 0.3 is 8.56 Å². The van der Waals surface area contributed by atoms with E-state index in [2.05, 4.69) is 6.55 Å². The lowest BCUT2D eigenvalue weighted by atomic mass is 10.2. The first kappa shape index (κ1) is 13.1.